The molecule has 3 nitrogen and oxygen atoms in total. The summed E-state index contributed by atoms with van der Waals surface area (Å²) in [6.45, 7) is 30.4. The summed E-state index contributed by atoms with van der Waals surface area (Å²) in [5, 5.41) is 2.54. The van der Waals surface area contributed by atoms with Gasteiger partial charge in [-0.05, 0) is 140 Å². The van der Waals surface area contributed by atoms with Gasteiger partial charge in [0.15, 0.2) is 0 Å². The maximum atomic E-state index is 2.62. The van der Waals surface area contributed by atoms with Crippen molar-refractivity contribution in [2.45, 2.75) is 112 Å². The maximum absolute atomic E-state index is 2.62. The zero-order chi connectivity index (χ0) is 44.5. The third-order valence-corrected chi connectivity index (χ3v) is 13.8. The molecular formula is C59H62BN3. The van der Waals surface area contributed by atoms with E-state index >= 15 is 0 Å². The fourth-order valence-electron chi connectivity index (χ4n) is 10.2. The zero-order valence-corrected chi connectivity index (χ0v) is 39.7. The van der Waals surface area contributed by atoms with Crippen LogP contribution in [0, 0.1) is 6.92 Å². The van der Waals surface area contributed by atoms with Crippen molar-refractivity contribution in [2.24, 2.45) is 0 Å². The molecule has 8 aromatic rings. The van der Waals surface area contributed by atoms with E-state index in [1.807, 2.05) is 0 Å². The average molecular weight is 824 g/mol. The highest BCUT2D eigenvalue weighted by Crippen LogP contribution is 2.48. The van der Waals surface area contributed by atoms with E-state index in [2.05, 4.69) is 244 Å². The van der Waals surface area contributed by atoms with Gasteiger partial charge >= 0.3 is 0 Å². The lowest BCUT2D eigenvalue weighted by Gasteiger charge is -2.45. The van der Waals surface area contributed by atoms with Gasteiger partial charge in [-0.2, -0.15) is 0 Å². The van der Waals surface area contributed by atoms with Crippen LogP contribution < -0.4 is 26.2 Å². The monoisotopic (exact) mass is 824 g/mol. The lowest BCUT2D eigenvalue weighted by Crippen LogP contribution is -2.61. The van der Waals surface area contributed by atoms with Crippen molar-refractivity contribution in [3.63, 3.8) is 0 Å². The minimum absolute atomic E-state index is 0.0213. The Labute approximate surface area is 376 Å². The zero-order valence-electron chi connectivity index (χ0n) is 39.7. The number of hydrogen-bond donors (Lipinski definition) is 0. The Balaban J connectivity index is 1.31. The molecule has 10 rings (SSSR count). The van der Waals surface area contributed by atoms with E-state index in [4.69, 9.17) is 0 Å². The molecule has 2 aliphatic heterocycles. The third kappa shape index (κ3) is 6.71. The summed E-state index contributed by atoms with van der Waals surface area (Å²) >= 11 is 0. The molecule has 3 heterocycles. The second kappa shape index (κ2) is 14.0. The lowest BCUT2D eigenvalue weighted by molar-refractivity contribution is 0.568. The summed E-state index contributed by atoms with van der Waals surface area (Å²) in [5.74, 6) is 0. The van der Waals surface area contributed by atoms with E-state index in [0.717, 1.165) is 5.69 Å². The van der Waals surface area contributed by atoms with Crippen LogP contribution in [0.4, 0.5) is 34.1 Å². The molecule has 0 saturated heterocycles. The van der Waals surface area contributed by atoms with E-state index in [1.165, 1.54) is 100 Å². The number of rotatable bonds is 3. The van der Waals surface area contributed by atoms with Crippen LogP contribution in [-0.4, -0.2) is 11.3 Å². The molecule has 0 N–H and O–H groups in total. The van der Waals surface area contributed by atoms with E-state index in [-0.39, 0.29) is 28.4 Å². The number of aryl methyl sites for hydroxylation is 1. The van der Waals surface area contributed by atoms with Gasteiger partial charge in [0.05, 0.1) is 11.0 Å². The summed E-state index contributed by atoms with van der Waals surface area (Å²) in [7, 11) is 0. The Bertz CT molecular complexity index is 3020. The molecule has 0 bridgehead atoms. The van der Waals surface area contributed by atoms with E-state index in [0.29, 0.717) is 0 Å². The number of benzene rings is 7. The molecule has 0 aliphatic carbocycles. The van der Waals surface area contributed by atoms with Crippen molar-refractivity contribution in [3.8, 4) is 5.69 Å². The Morgan fingerprint density at radius 3 is 1.25 bits per heavy atom. The first-order valence-electron chi connectivity index (χ1n) is 23.0. The summed E-state index contributed by atoms with van der Waals surface area (Å²) in [5.41, 5.74) is 21.5. The predicted octanol–water partition coefficient (Wildman–Crippen LogP) is 14.4. The number of aromatic nitrogens is 1. The highest BCUT2D eigenvalue weighted by Gasteiger charge is 2.44. The molecule has 0 saturated carbocycles. The van der Waals surface area contributed by atoms with Crippen molar-refractivity contribution >= 4 is 79.0 Å². The van der Waals surface area contributed by atoms with Gasteiger partial charge in [0.25, 0.3) is 6.71 Å². The number of para-hydroxylation sites is 3. The Kier molecular flexibility index (Phi) is 9.12. The molecule has 0 atom stereocenters. The Hall–Kier alpha value is -6.00. The van der Waals surface area contributed by atoms with Gasteiger partial charge in [-0.1, -0.05) is 156 Å². The van der Waals surface area contributed by atoms with E-state index in [1.54, 1.807) is 0 Å². The van der Waals surface area contributed by atoms with Gasteiger partial charge in [0, 0.05) is 50.6 Å². The maximum Gasteiger partial charge on any atom is 0.252 e. The van der Waals surface area contributed by atoms with E-state index < -0.39 is 0 Å². The molecule has 2 aliphatic rings. The SMILES string of the molecule is Cc1cc2c3c(c1)N(c1cc(C(C)(C)C)cc(C(C)(C)C)c1)c1cc(-n4c5ccccc5c5ccccc54)ccc1B3c1ccccc1N2c1cc(C(C)(C)C)cc(C(C)(C)C)c1. The van der Waals surface area contributed by atoms with Crippen molar-refractivity contribution in [2.75, 3.05) is 9.80 Å². The van der Waals surface area contributed by atoms with Crippen LogP contribution in [0.1, 0.15) is 111 Å². The molecule has 1 aromatic heterocycles. The molecule has 316 valence electrons. The number of nitrogens with zero attached hydrogens (tertiary/aromatic N) is 3. The topological polar surface area (TPSA) is 11.4 Å². The smallest absolute Gasteiger partial charge is 0.252 e. The first-order valence-corrected chi connectivity index (χ1v) is 23.0. The van der Waals surface area contributed by atoms with Gasteiger partial charge < -0.3 is 14.4 Å². The second-order valence-corrected chi connectivity index (χ2v) is 22.5. The van der Waals surface area contributed by atoms with Crippen molar-refractivity contribution in [1.29, 1.82) is 0 Å². The van der Waals surface area contributed by atoms with Crippen LogP contribution in [0.3, 0.4) is 0 Å². The van der Waals surface area contributed by atoms with Gasteiger partial charge in [0.1, 0.15) is 0 Å². The number of fused-ring (bicyclic) bond motifs is 7. The van der Waals surface area contributed by atoms with Crippen LogP contribution in [0.5, 0.6) is 0 Å². The summed E-state index contributed by atoms with van der Waals surface area (Å²) in [4.78, 5) is 5.21. The number of anilines is 6. The van der Waals surface area contributed by atoms with Gasteiger partial charge in [-0.15, -0.1) is 0 Å². The quantitative estimate of drug-likeness (QED) is 0.164. The molecule has 4 heteroatoms. The van der Waals surface area contributed by atoms with Crippen LogP contribution >= 0.6 is 0 Å². The molecule has 0 unspecified atom stereocenters. The van der Waals surface area contributed by atoms with Crippen LogP contribution in [-0.2, 0) is 21.7 Å². The molecule has 0 fully saturated rings. The molecule has 7 aromatic carbocycles. The highest BCUT2D eigenvalue weighted by atomic mass is 15.2. The summed E-state index contributed by atoms with van der Waals surface area (Å²) in [6.07, 6.45) is 0. The average Bonchev–Trinajstić information content (AvgIpc) is 3.56. The van der Waals surface area contributed by atoms with Crippen molar-refractivity contribution < 1.29 is 0 Å². The Morgan fingerprint density at radius 2 is 0.778 bits per heavy atom. The summed E-state index contributed by atoms with van der Waals surface area (Å²) < 4.78 is 2.47. The number of hydrogen-bond acceptors (Lipinski definition) is 2. The minimum atomic E-state index is -0.0490. The molecule has 0 amide bonds. The van der Waals surface area contributed by atoms with Crippen LogP contribution in [0.15, 0.2) is 140 Å². The molecule has 0 spiro atoms. The summed E-state index contributed by atoms with van der Waals surface area (Å²) in [6, 6.07) is 53.9. The Morgan fingerprint density at radius 1 is 0.365 bits per heavy atom. The van der Waals surface area contributed by atoms with Crippen molar-refractivity contribution in [3.05, 3.63) is 167 Å². The highest BCUT2D eigenvalue weighted by molar-refractivity contribution is 7.00. The first kappa shape index (κ1) is 41.0. The van der Waals surface area contributed by atoms with Gasteiger partial charge in [0.2, 0.25) is 0 Å². The van der Waals surface area contributed by atoms with Gasteiger partial charge in [-0.3, -0.25) is 0 Å². The third-order valence-electron chi connectivity index (χ3n) is 13.8. The standard InChI is InChI=1S/C59H62BN3/c1-37-28-53-55-54(29-37)63(44-34-40(58(8,9)10)31-41(35-44)59(11,12)13)52-36-42(61-49-23-17-14-20-45(49)46-21-15-18-24-50(46)61)26-27-48(52)60(55)47-22-16-19-25-51(47)62(53)43-32-38(56(2,3)4)30-39(33-43)57(5,6)7/h14-36H,1-13H3. The molecule has 0 radical (unpaired) electrons. The van der Waals surface area contributed by atoms with Gasteiger partial charge in [-0.25, -0.2) is 0 Å². The second-order valence-electron chi connectivity index (χ2n) is 22.5. The predicted molar refractivity (Wildman–Crippen MR) is 274 cm³/mol. The largest absolute Gasteiger partial charge is 0.311 e. The van der Waals surface area contributed by atoms with Crippen LogP contribution in [0.2, 0.25) is 0 Å². The minimum Gasteiger partial charge on any atom is -0.311 e. The normalized spacial score (nSPS) is 14.0. The lowest BCUT2D eigenvalue weighted by atomic mass is 9.33. The first-order chi connectivity index (χ1) is 29.7. The van der Waals surface area contributed by atoms with E-state index in [9.17, 15) is 0 Å². The molecular weight excluding hydrogens is 761 g/mol. The molecule has 63 heavy (non-hydrogen) atoms. The fourth-order valence-corrected chi connectivity index (χ4v) is 10.2. The van der Waals surface area contributed by atoms with Crippen LogP contribution in [0.25, 0.3) is 27.5 Å². The van der Waals surface area contributed by atoms with Crippen molar-refractivity contribution in [1.82, 2.24) is 4.57 Å². The fraction of sp³-hybridized carbons (Fsp3) is 0.288.